The Morgan fingerprint density at radius 2 is 1.82 bits per heavy atom. The summed E-state index contributed by atoms with van der Waals surface area (Å²) in [5.74, 6) is 0.695. The molecule has 0 aliphatic carbocycles. The van der Waals surface area contributed by atoms with Crippen LogP contribution in [-0.4, -0.2) is 37.6 Å². The molecule has 2 aromatic carbocycles. The Morgan fingerprint density at radius 3 is 2.47 bits per heavy atom. The molecule has 0 atom stereocenters. The predicted molar refractivity (Wildman–Crippen MR) is 130 cm³/mol. The fraction of sp³-hybridized carbons (Fsp3) is 0.273. The van der Waals surface area contributed by atoms with Crippen LogP contribution in [0.3, 0.4) is 0 Å². The summed E-state index contributed by atoms with van der Waals surface area (Å²) >= 11 is 0. The second-order valence-electron chi connectivity index (χ2n) is 7.40. The summed E-state index contributed by atoms with van der Waals surface area (Å²) in [5, 5.41) is 8.64. The molecular weight excluding hydrogens is 482 g/mol. The molecule has 2 heterocycles. The van der Waals surface area contributed by atoms with Gasteiger partial charge < -0.3 is 19.7 Å². The summed E-state index contributed by atoms with van der Waals surface area (Å²) in [7, 11) is -1.08. The molecular formula is C22H26ClN5O5S. The predicted octanol–water partition coefficient (Wildman–Crippen LogP) is 3.33. The molecule has 12 heteroatoms. The van der Waals surface area contributed by atoms with E-state index >= 15 is 0 Å². The largest absolute Gasteiger partial charge is 0.496 e. The number of fused-ring (bicyclic) bond motifs is 1. The highest BCUT2D eigenvalue weighted by Gasteiger charge is 2.24. The fourth-order valence-electron chi connectivity index (χ4n) is 3.53. The molecule has 0 spiro atoms. The van der Waals surface area contributed by atoms with Crippen LogP contribution in [0.15, 0.2) is 52.1 Å². The molecule has 0 unspecified atom stereocenters. The van der Waals surface area contributed by atoms with Crippen molar-refractivity contribution in [1.29, 1.82) is 0 Å². The number of methoxy groups -OCH3 is 2. The van der Waals surface area contributed by atoms with Crippen LogP contribution in [0.2, 0.25) is 0 Å². The zero-order valence-corrected chi connectivity index (χ0v) is 20.6. The second kappa shape index (κ2) is 10.3. The van der Waals surface area contributed by atoms with Crippen molar-refractivity contribution in [2.45, 2.75) is 31.3 Å². The number of benzene rings is 2. The van der Waals surface area contributed by atoms with Gasteiger partial charge in [0, 0.05) is 18.3 Å². The van der Waals surface area contributed by atoms with E-state index in [4.69, 9.17) is 19.7 Å². The number of ether oxygens (including phenoxy) is 2. The summed E-state index contributed by atoms with van der Waals surface area (Å²) in [4.78, 5) is 0.00308. The van der Waals surface area contributed by atoms with Crippen LogP contribution >= 0.6 is 12.4 Å². The monoisotopic (exact) mass is 507 g/mol. The lowest BCUT2D eigenvalue weighted by atomic mass is 10.1. The number of aromatic nitrogens is 3. The van der Waals surface area contributed by atoms with Gasteiger partial charge in [-0.2, -0.15) is 5.10 Å². The van der Waals surface area contributed by atoms with Gasteiger partial charge >= 0.3 is 0 Å². The third kappa shape index (κ3) is 4.96. The van der Waals surface area contributed by atoms with Crippen molar-refractivity contribution in [3.8, 4) is 11.5 Å². The van der Waals surface area contributed by atoms with Gasteiger partial charge in [0.15, 0.2) is 11.4 Å². The number of hydrogen-bond acceptors (Lipinski definition) is 8. The fourth-order valence-corrected chi connectivity index (χ4v) is 4.69. The number of rotatable bonds is 9. The van der Waals surface area contributed by atoms with Crippen LogP contribution in [0, 0.1) is 0 Å². The van der Waals surface area contributed by atoms with Gasteiger partial charge in [0.1, 0.15) is 21.8 Å². The maximum absolute atomic E-state index is 13.1. The number of nitrogens with two attached hydrogens (primary N) is 1. The number of hydrogen-bond donors (Lipinski definition) is 2. The molecule has 10 nitrogen and oxygen atoms in total. The molecule has 2 aromatic heterocycles. The van der Waals surface area contributed by atoms with Crippen molar-refractivity contribution < 1.29 is 22.4 Å². The number of sulfonamides is 1. The molecule has 0 aliphatic heterocycles. The van der Waals surface area contributed by atoms with E-state index in [2.05, 4.69) is 15.0 Å². The van der Waals surface area contributed by atoms with Crippen LogP contribution in [0.5, 0.6) is 11.5 Å². The first-order chi connectivity index (χ1) is 15.9. The summed E-state index contributed by atoms with van der Waals surface area (Å²) in [6.45, 7) is 2.84. The van der Waals surface area contributed by atoms with E-state index in [1.807, 2.05) is 13.1 Å². The minimum Gasteiger partial charge on any atom is -0.496 e. The van der Waals surface area contributed by atoms with Crippen molar-refractivity contribution in [2.75, 3.05) is 18.9 Å². The zero-order chi connectivity index (χ0) is 23.6. The molecule has 3 N–H and O–H groups in total. The molecule has 0 bridgehead atoms. The van der Waals surface area contributed by atoms with Crippen molar-refractivity contribution in [3.63, 3.8) is 0 Å². The first-order valence-electron chi connectivity index (χ1n) is 10.3. The molecule has 0 amide bonds. The quantitative estimate of drug-likeness (QED) is 0.352. The first kappa shape index (κ1) is 25.3. The van der Waals surface area contributed by atoms with Gasteiger partial charge in [0.25, 0.3) is 10.0 Å². The minimum atomic E-state index is -4.01. The molecule has 0 saturated carbocycles. The van der Waals surface area contributed by atoms with Crippen molar-refractivity contribution in [3.05, 3.63) is 59.4 Å². The Balaban J connectivity index is 0.00000324. The van der Waals surface area contributed by atoms with E-state index in [1.54, 1.807) is 35.1 Å². The number of halogens is 1. The molecule has 182 valence electrons. The molecule has 0 radical (unpaired) electrons. The SMILES string of the molecule is CCc1ccc(S(=O)(=O)Nc2noc3cc(Cn4cc(CN)cn4)cc(OC)c23)c(OC)c1.Cl. The number of nitrogens with zero attached hydrogens (tertiary/aromatic N) is 3. The highest BCUT2D eigenvalue weighted by molar-refractivity contribution is 7.92. The van der Waals surface area contributed by atoms with E-state index in [9.17, 15) is 8.42 Å². The highest BCUT2D eigenvalue weighted by Crippen LogP contribution is 2.36. The van der Waals surface area contributed by atoms with Gasteiger partial charge in [0.2, 0.25) is 0 Å². The summed E-state index contributed by atoms with van der Waals surface area (Å²) < 4.78 is 46.8. The van der Waals surface area contributed by atoms with Crippen LogP contribution in [0.1, 0.15) is 23.6 Å². The van der Waals surface area contributed by atoms with Gasteiger partial charge in [-0.25, -0.2) is 8.42 Å². The Bertz CT molecular complexity index is 1400. The maximum atomic E-state index is 13.1. The lowest BCUT2D eigenvalue weighted by Gasteiger charge is -2.12. The van der Waals surface area contributed by atoms with E-state index < -0.39 is 10.0 Å². The van der Waals surface area contributed by atoms with Crippen molar-refractivity contribution >= 4 is 39.2 Å². The molecule has 4 rings (SSSR count). The van der Waals surface area contributed by atoms with E-state index in [1.165, 1.54) is 20.3 Å². The van der Waals surface area contributed by atoms with E-state index in [0.717, 1.165) is 23.1 Å². The average Bonchev–Trinajstić information content (AvgIpc) is 3.44. The molecule has 4 aromatic rings. The Hall–Kier alpha value is -3.28. The van der Waals surface area contributed by atoms with Crippen LogP contribution in [-0.2, 0) is 29.5 Å². The lowest BCUT2D eigenvalue weighted by Crippen LogP contribution is -2.14. The Morgan fingerprint density at radius 1 is 1.09 bits per heavy atom. The number of anilines is 1. The van der Waals surface area contributed by atoms with Gasteiger partial charge in [-0.15, -0.1) is 12.4 Å². The lowest BCUT2D eigenvalue weighted by molar-refractivity contribution is 0.402. The van der Waals surface area contributed by atoms with Crippen molar-refractivity contribution in [1.82, 2.24) is 14.9 Å². The van der Waals surface area contributed by atoms with Gasteiger partial charge in [-0.1, -0.05) is 18.1 Å². The van der Waals surface area contributed by atoms with Gasteiger partial charge in [0.05, 0.1) is 27.0 Å². The third-order valence-corrected chi connectivity index (χ3v) is 6.62. The summed E-state index contributed by atoms with van der Waals surface area (Å²) in [6, 6.07) is 8.52. The summed E-state index contributed by atoms with van der Waals surface area (Å²) in [6.07, 6.45) is 4.32. The van der Waals surface area contributed by atoms with Crippen LogP contribution in [0.4, 0.5) is 5.82 Å². The standard InChI is InChI=1S/C22H25N5O5S.ClH/c1-4-14-5-6-20(17(7-14)30-2)33(28,29)26-22-21-18(31-3)8-15(9-19(21)32-25-22)12-27-13-16(10-23)11-24-27;/h5-9,11,13H,4,10,12,23H2,1-3H3,(H,25,26);1H. The topological polar surface area (TPSA) is 134 Å². The Labute approximate surface area is 203 Å². The number of nitrogens with one attached hydrogen (secondary N) is 1. The maximum Gasteiger partial charge on any atom is 0.266 e. The molecule has 0 saturated heterocycles. The normalized spacial score (nSPS) is 11.3. The van der Waals surface area contributed by atoms with Crippen molar-refractivity contribution in [2.24, 2.45) is 5.73 Å². The third-order valence-electron chi connectivity index (χ3n) is 5.24. The smallest absolute Gasteiger partial charge is 0.266 e. The van der Waals surface area contributed by atoms with Gasteiger partial charge in [-0.05, 0) is 41.8 Å². The molecule has 0 aliphatic rings. The Kier molecular flexibility index (Phi) is 7.70. The van der Waals surface area contributed by atoms with E-state index in [-0.39, 0.29) is 28.9 Å². The average molecular weight is 508 g/mol. The first-order valence-corrected chi connectivity index (χ1v) is 11.7. The number of aryl methyl sites for hydroxylation is 1. The molecule has 34 heavy (non-hydrogen) atoms. The summed E-state index contributed by atoms with van der Waals surface area (Å²) in [5.41, 5.74) is 8.74. The van der Waals surface area contributed by atoms with Crippen LogP contribution in [0.25, 0.3) is 11.0 Å². The molecule has 0 fully saturated rings. The van der Waals surface area contributed by atoms with Crippen LogP contribution < -0.4 is 19.9 Å². The second-order valence-corrected chi connectivity index (χ2v) is 9.05. The van der Waals surface area contributed by atoms with E-state index in [0.29, 0.717) is 29.8 Å². The zero-order valence-electron chi connectivity index (χ0n) is 18.9. The highest BCUT2D eigenvalue weighted by atomic mass is 35.5. The van der Waals surface area contributed by atoms with Gasteiger partial charge in [-0.3, -0.25) is 9.40 Å². The minimum absolute atomic E-state index is 0.